The molecule has 3 heteroatoms. The van der Waals surface area contributed by atoms with Crippen LogP contribution in [0.15, 0.2) is 29.3 Å². The Labute approximate surface area is 82.7 Å². The molecule has 0 saturated heterocycles. The Kier molecular flexibility index (Phi) is 2.61. The summed E-state index contributed by atoms with van der Waals surface area (Å²) in [5.74, 6) is 0. The van der Waals surface area contributed by atoms with E-state index in [2.05, 4.69) is 4.99 Å². The van der Waals surface area contributed by atoms with Gasteiger partial charge >= 0.3 is 0 Å². The van der Waals surface area contributed by atoms with E-state index in [1.807, 2.05) is 24.3 Å². The molecule has 0 fully saturated rings. The molecule has 0 aliphatic carbocycles. The zero-order valence-corrected chi connectivity index (χ0v) is 7.80. The summed E-state index contributed by atoms with van der Waals surface area (Å²) in [6, 6.07) is 7.77. The molecule has 0 saturated carbocycles. The summed E-state index contributed by atoms with van der Waals surface area (Å²) in [4.78, 5) is 4.21. The summed E-state index contributed by atoms with van der Waals surface area (Å²) in [6.45, 7) is -0.232. The lowest BCUT2D eigenvalue weighted by atomic mass is 9.95. The molecule has 2 N–H and O–H groups in total. The predicted octanol–water partition coefficient (Wildman–Crippen LogP) is 0.383. The third kappa shape index (κ3) is 1.69. The summed E-state index contributed by atoms with van der Waals surface area (Å²) in [5, 5.41) is 18.3. The zero-order chi connectivity index (χ0) is 9.97. The van der Waals surface area contributed by atoms with E-state index in [1.54, 1.807) is 6.21 Å². The smallest absolute Gasteiger partial charge is 0.0996 e. The fourth-order valence-corrected chi connectivity index (χ4v) is 1.66. The Bertz CT molecular complexity index is 349. The molecule has 2 rings (SSSR count). The van der Waals surface area contributed by atoms with Crippen LogP contribution < -0.4 is 0 Å². The van der Waals surface area contributed by atoms with Crippen LogP contribution in [-0.4, -0.2) is 35.2 Å². The van der Waals surface area contributed by atoms with Gasteiger partial charge in [-0.15, -0.1) is 0 Å². The van der Waals surface area contributed by atoms with Crippen molar-refractivity contribution in [3.63, 3.8) is 0 Å². The standard InChI is InChI=1S/C11H13NO2/c13-7-11(14)10-5-8-3-1-2-4-9(8)6-12-10/h1-4,6,10-11,13-14H,5,7H2/t10-,11+/m0/s1. The molecule has 1 aliphatic rings. The average molecular weight is 191 g/mol. The lowest BCUT2D eigenvalue weighted by Gasteiger charge is -2.21. The van der Waals surface area contributed by atoms with Crippen LogP contribution in [-0.2, 0) is 6.42 Å². The van der Waals surface area contributed by atoms with Crippen LogP contribution >= 0.6 is 0 Å². The van der Waals surface area contributed by atoms with Gasteiger partial charge in [0.25, 0.3) is 0 Å². The van der Waals surface area contributed by atoms with E-state index in [1.165, 1.54) is 5.56 Å². The topological polar surface area (TPSA) is 52.8 Å². The Hall–Kier alpha value is -1.19. The summed E-state index contributed by atoms with van der Waals surface area (Å²) in [7, 11) is 0. The van der Waals surface area contributed by atoms with Crippen LogP contribution in [0.2, 0.25) is 0 Å². The summed E-state index contributed by atoms with van der Waals surface area (Å²) in [6.07, 6.45) is 1.72. The predicted molar refractivity (Wildman–Crippen MR) is 54.6 cm³/mol. The Morgan fingerprint density at radius 1 is 1.43 bits per heavy atom. The number of hydrogen-bond donors (Lipinski definition) is 2. The van der Waals surface area contributed by atoms with Crippen molar-refractivity contribution in [1.29, 1.82) is 0 Å². The number of rotatable bonds is 2. The van der Waals surface area contributed by atoms with Gasteiger partial charge in [-0.25, -0.2) is 0 Å². The van der Waals surface area contributed by atoms with Crippen molar-refractivity contribution in [3.05, 3.63) is 35.4 Å². The molecule has 0 spiro atoms. The third-order valence-corrected chi connectivity index (χ3v) is 2.52. The number of benzene rings is 1. The monoisotopic (exact) mass is 191 g/mol. The summed E-state index contributed by atoms with van der Waals surface area (Å²) < 4.78 is 0. The van der Waals surface area contributed by atoms with E-state index in [4.69, 9.17) is 5.11 Å². The summed E-state index contributed by atoms with van der Waals surface area (Å²) >= 11 is 0. The fraction of sp³-hybridized carbons (Fsp3) is 0.364. The van der Waals surface area contributed by atoms with Crippen molar-refractivity contribution >= 4 is 6.21 Å². The van der Waals surface area contributed by atoms with Crippen molar-refractivity contribution < 1.29 is 10.2 Å². The van der Waals surface area contributed by atoms with Crippen LogP contribution in [0, 0.1) is 0 Å². The van der Waals surface area contributed by atoms with Gasteiger partial charge in [0.15, 0.2) is 0 Å². The lowest BCUT2D eigenvalue weighted by Crippen LogP contribution is -2.32. The van der Waals surface area contributed by atoms with Crippen molar-refractivity contribution in [2.24, 2.45) is 4.99 Å². The van der Waals surface area contributed by atoms with Crippen LogP contribution in [0.1, 0.15) is 11.1 Å². The Balaban J connectivity index is 2.21. The van der Waals surface area contributed by atoms with E-state index in [0.29, 0.717) is 6.42 Å². The minimum absolute atomic E-state index is 0.199. The van der Waals surface area contributed by atoms with Gasteiger partial charge in [-0.3, -0.25) is 4.99 Å². The fourth-order valence-electron chi connectivity index (χ4n) is 1.66. The first kappa shape index (κ1) is 9.37. The highest BCUT2D eigenvalue weighted by Gasteiger charge is 2.21. The molecule has 2 atom stereocenters. The third-order valence-electron chi connectivity index (χ3n) is 2.52. The van der Waals surface area contributed by atoms with Crippen LogP contribution in [0.25, 0.3) is 0 Å². The first-order chi connectivity index (χ1) is 6.81. The highest BCUT2D eigenvalue weighted by atomic mass is 16.3. The largest absolute Gasteiger partial charge is 0.394 e. The molecule has 1 aromatic carbocycles. The lowest BCUT2D eigenvalue weighted by molar-refractivity contribution is 0.0746. The van der Waals surface area contributed by atoms with Gasteiger partial charge < -0.3 is 10.2 Å². The Morgan fingerprint density at radius 3 is 3.00 bits per heavy atom. The molecular formula is C11H13NO2. The number of aliphatic imine (C=N–C) groups is 1. The van der Waals surface area contributed by atoms with Gasteiger partial charge in [-0.2, -0.15) is 0 Å². The Morgan fingerprint density at radius 2 is 2.21 bits per heavy atom. The van der Waals surface area contributed by atoms with Gasteiger partial charge in [-0.05, 0) is 17.5 Å². The van der Waals surface area contributed by atoms with Crippen LogP contribution in [0.3, 0.4) is 0 Å². The normalized spacial score (nSPS) is 21.7. The van der Waals surface area contributed by atoms with Crippen LogP contribution in [0.4, 0.5) is 0 Å². The van der Waals surface area contributed by atoms with Gasteiger partial charge in [0, 0.05) is 6.21 Å². The highest BCUT2D eigenvalue weighted by Crippen LogP contribution is 2.17. The molecule has 1 aliphatic heterocycles. The van der Waals surface area contributed by atoms with Gasteiger partial charge in [-0.1, -0.05) is 24.3 Å². The number of hydrogen-bond acceptors (Lipinski definition) is 3. The molecule has 3 nitrogen and oxygen atoms in total. The van der Waals surface area contributed by atoms with Crippen molar-refractivity contribution in [2.45, 2.75) is 18.6 Å². The van der Waals surface area contributed by atoms with Gasteiger partial charge in [0.1, 0.15) is 0 Å². The number of nitrogens with zero attached hydrogens (tertiary/aromatic N) is 1. The molecule has 74 valence electrons. The average Bonchev–Trinajstić information content (AvgIpc) is 2.27. The molecule has 0 bridgehead atoms. The molecule has 0 radical (unpaired) electrons. The van der Waals surface area contributed by atoms with E-state index in [-0.39, 0.29) is 12.6 Å². The minimum Gasteiger partial charge on any atom is -0.394 e. The highest BCUT2D eigenvalue weighted by molar-refractivity contribution is 5.83. The van der Waals surface area contributed by atoms with Crippen molar-refractivity contribution in [2.75, 3.05) is 6.61 Å². The molecule has 0 unspecified atom stereocenters. The first-order valence-corrected chi connectivity index (χ1v) is 4.71. The first-order valence-electron chi connectivity index (χ1n) is 4.71. The molecule has 1 heterocycles. The summed E-state index contributed by atoms with van der Waals surface area (Å²) in [5.41, 5.74) is 2.29. The van der Waals surface area contributed by atoms with E-state index < -0.39 is 6.10 Å². The van der Waals surface area contributed by atoms with E-state index in [9.17, 15) is 5.11 Å². The maximum atomic E-state index is 9.44. The molecule has 1 aromatic rings. The van der Waals surface area contributed by atoms with E-state index >= 15 is 0 Å². The van der Waals surface area contributed by atoms with Gasteiger partial charge in [0.2, 0.25) is 0 Å². The number of aliphatic hydroxyl groups is 2. The number of aliphatic hydroxyl groups excluding tert-OH is 2. The van der Waals surface area contributed by atoms with E-state index in [0.717, 1.165) is 5.56 Å². The second-order valence-electron chi connectivity index (χ2n) is 3.50. The maximum Gasteiger partial charge on any atom is 0.0996 e. The molecular weight excluding hydrogens is 178 g/mol. The second-order valence-corrected chi connectivity index (χ2v) is 3.50. The SMILES string of the molecule is OC[C@@H](O)[C@@H]1Cc2ccccc2C=N1. The second kappa shape index (κ2) is 3.90. The zero-order valence-electron chi connectivity index (χ0n) is 7.80. The molecule has 0 aromatic heterocycles. The molecule has 0 amide bonds. The van der Waals surface area contributed by atoms with Crippen molar-refractivity contribution in [3.8, 4) is 0 Å². The molecule has 14 heavy (non-hydrogen) atoms. The minimum atomic E-state index is -0.750. The van der Waals surface area contributed by atoms with Crippen molar-refractivity contribution in [1.82, 2.24) is 0 Å². The number of fused-ring (bicyclic) bond motifs is 1. The van der Waals surface area contributed by atoms with Crippen LogP contribution in [0.5, 0.6) is 0 Å². The van der Waals surface area contributed by atoms with Gasteiger partial charge in [0.05, 0.1) is 18.8 Å². The quantitative estimate of drug-likeness (QED) is 0.710. The maximum absolute atomic E-state index is 9.44.